The van der Waals surface area contributed by atoms with Crippen LogP contribution in [0.4, 0.5) is 0 Å². The van der Waals surface area contributed by atoms with Crippen LogP contribution in [-0.4, -0.2) is 37.9 Å². The van der Waals surface area contributed by atoms with E-state index in [0.717, 1.165) is 22.4 Å². The summed E-state index contributed by atoms with van der Waals surface area (Å²) in [7, 11) is 5.04. The van der Waals surface area contributed by atoms with Crippen molar-refractivity contribution in [2.75, 3.05) is 21.2 Å². The number of carbonyl (C=O) groups excluding carboxylic acids is 2. The number of likely N-dealkylation sites (N-methyl/N-ethyl adjacent to an activating group) is 1. The highest BCUT2D eigenvalue weighted by Gasteiger charge is 2.30. The van der Waals surface area contributed by atoms with Gasteiger partial charge in [-0.3, -0.25) is 9.59 Å². The third kappa shape index (κ3) is 5.66. The number of carbonyl (C=O) groups is 2. The minimum atomic E-state index is -0.762. The Morgan fingerprint density at radius 2 is 1.39 bits per heavy atom. The van der Waals surface area contributed by atoms with Crippen LogP contribution in [0.2, 0.25) is 0 Å². The lowest BCUT2D eigenvalue weighted by Gasteiger charge is -2.30. The lowest BCUT2D eigenvalue weighted by molar-refractivity contribution is -0.130. The molecule has 0 heterocycles. The summed E-state index contributed by atoms with van der Waals surface area (Å²) in [5, 5.41) is 2.95. The molecule has 0 saturated carbocycles. The van der Waals surface area contributed by atoms with Crippen molar-refractivity contribution < 1.29 is 14.3 Å². The maximum Gasteiger partial charge on any atom is 0.252 e. The second-order valence-electron chi connectivity index (χ2n) is 10.2. The first-order valence-electron chi connectivity index (χ1n) is 10.6. The summed E-state index contributed by atoms with van der Waals surface area (Å²) in [6, 6.07) is 12.3. The highest BCUT2D eigenvalue weighted by molar-refractivity contribution is 5.98. The molecule has 31 heavy (non-hydrogen) atoms. The molecule has 0 aromatic heterocycles. The number of hydrogen-bond donors (Lipinski definition) is 1. The average Bonchev–Trinajstić information content (AvgIpc) is 2.69. The van der Waals surface area contributed by atoms with Crippen LogP contribution in [0.15, 0.2) is 42.5 Å². The van der Waals surface area contributed by atoms with Gasteiger partial charge in [0.15, 0.2) is 0 Å². The highest BCUT2D eigenvalue weighted by Crippen LogP contribution is 2.40. The van der Waals surface area contributed by atoms with E-state index in [-0.39, 0.29) is 22.6 Å². The summed E-state index contributed by atoms with van der Waals surface area (Å²) < 4.78 is 5.79. The molecule has 1 atom stereocenters. The predicted octanol–water partition coefficient (Wildman–Crippen LogP) is 4.85. The number of ether oxygens (including phenoxy) is 1. The van der Waals surface area contributed by atoms with Gasteiger partial charge in [-0.15, -0.1) is 0 Å². The summed E-state index contributed by atoms with van der Waals surface area (Å²) in [6.07, 6.45) is 0. The molecule has 0 aliphatic heterocycles. The Hall–Kier alpha value is -2.82. The first-order valence-corrected chi connectivity index (χ1v) is 10.6. The fourth-order valence-corrected chi connectivity index (χ4v) is 3.50. The number of benzene rings is 2. The molecule has 0 bridgehead atoms. The Balaban J connectivity index is 2.58. The predicted molar refractivity (Wildman–Crippen MR) is 126 cm³/mol. The van der Waals surface area contributed by atoms with Crippen molar-refractivity contribution in [1.29, 1.82) is 0 Å². The van der Waals surface area contributed by atoms with Crippen LogP contribution >= 0.6 is 0 Å². The number of rotatable bonds is 5. The maximum atomic E-state index is 13.4. The van der Waals surface area contributed by atoms with Crippen molar-refractivity contribution in [1.82, 2.24) is 10.2 Å². The van der Waals surface area contributed by atoms with E-state index in [4.69, 9.17) is 4.74 Å². The summed E-state index contributed by atoms with van der Waals surface area (Å²) in [4.78, 5) is 27.7. The molecule has 1 N–H and O–H groups in total. The van der Waals surface area contributed by atoms with Gasteiger partial charge in [0.25, 0.3) is 5.91 Å². The van der Waals surface area contributed by atoms with Crippen molar-refractivity contribution in [3.63, 3.8) is 0 Å². The van der Waals surface area contributed by atoms with Gasteiger partial charge in [-0.05, 0) is 28.5 Å². The van der Waals surface area contributed by atoms with E-state index in [1.54, 1.807) is 21.2 Å². The fourth-order valence-electron chi connectivity index (χ4n) is 3.50. The van der Waals surface area contributed by atoms with Crippen molar-refractivity contribution in [2.45, 2.75) is 58.4 Å². The fraction of sp³-hybridized carbons (Fsp3) is 0.462. The third-order valence-corrected chi connectivity index (χ3v) is 5.27. The SMILES string of the molecule is COc1c(C(C)(C)C)cc(C(=O)NC(C(=O)N(C)C)c2ccccc2)cc1C(C)(C)C. The highest BCUT2D eigenvalue weighted by atomic mass is 16.5. The number of nitrogens with one attached hydrogen (secondary N) is 1. The van der Waals surface area contributed by atoms with Gasteiger partial charge in [0.05, 0.1) is 7.11 Å². The Morgan fingerprint density at radius 1 is 0.903 bits per heavy atom. The van der Waals surface area contributed by atoms with E-state index in [9.17, 15) is 9.59 Å². The molecule has 0 radical (unpaired) electrons. The van der Waals surface area contributed by atoms with E-state index >= 15 is 0 Å². The van der Waals surface area contributed by atoms with Gasteiger partial charge < -0.3 is 15.0 Å². The Kier molecular flexibility index (Phi) is 7.20. The molecule has 0 spiro atoms. The second-order valence-corrected chi connectivity index (χ2v) is 10.2. The first-order chi connectivity index (χ1) is 14.3. The smallest absolute Gasteiger partial charge is 0.252 e. The quantitative estimate of drug-likeness (QED) is 0.746. The Bertz CT molecular complexity index is 900. The lowest BCUT2D eigenvalue weighted by atomic mass is 9.78. The number of methoxy groups -OCH3 is 1. The minimum Gasteiger partial charge on any atom is -0.496 e. The van der Waals surface area contributed by atoms with Crippen LogP contribution in [0.5, 0.6) is 5.75 Å². The van der Waals surface area contributed by atoms with Crippen LogP contribution in [0.1, 0.15) is 74.6 Å². The molecule has 168 valence electrons. The molecule has 0 aliphatic rings. The van der Waals surface area contributed by atoms with Gasteiger partial charge in [-0.25, -0.2) is 0 Å². The summed E-state index contributed by atoms with van der Waals surface area (Å²) in [5.41, 5.74) is 2.74. The monoisotopic (exact) mass is 424 g/mol. The molecule has 2 aromatic carbocycles. The van der Waals surface area contributed by atoms with Crippen LogP contribution in [0, 0.1) is 0 Å². The molecule has 2 amide bonds. The molecular formula is C26H36N2O3. The van der Waals surface area contributed by atoms with E-state index < -0.39 is 6.04 Å². The van der Waals surface area contributed by atoms with Crippen LogP contribution in [0.25, 0.3) is 0 Å². The molecule has 0 fully saturated rings. The van der Waals surface area contributed by atoms with E-state index in [1.165, 1.54) is 4.90 Å². The summed E-state index contributed by atoms with van der Waals surface area (Å²) in [6.45, 7) is 12.6. The molecule has 5 nitrogen and oxygen atoms in total. The number of amides is 2. The summed E-state index contributed by atoms with van der Waals surface area (Å²) >= 11 is 0. The van der Waals surface area contributed by atoms with Crippen molar-refractivity contribution in [3.8, 4) is 5.75 Å². The molecule has 0 aliphatic carbocycles. The molecule has 1 unspecified atom stereocenters. The normalized spacial score (nSPS) is 12.8. The Labute approximate surface area is 186 Å². The zero-order valence-corrected chi connectivity index (χ0v) is 20.3. The van der Waals surface area contributed by atoms with Gasteiger partial charge in [0, 0.05) is 30.8 Å². The van der Waals surface area contributed by atoms with Crippen molar-refractivity contribution in [3.05, 3.63) is 64.7 Å². The summed E-state index contributed by atoms with van der Waals surface area (Å²) in [5.74, 6) is 0.336. The average molecular weight is 425 g/mol. The molecule has 0 saturated heterocycles. The maximum absolute atomic E-state index is 13.4. The standard InChI is InChI=1S/C26H36N2O3/c1-25(2,3)19-15-18(16-20(22(19)31-9)26(4,5)6)23(29)27-21(24(30)28(7)8)17-13-11-10-12-14-17/h10-16,21H,1-9H3,(H,27,29). The van der Waals surface area contributed by atoms with Gasteiger partial charge in [0.2, 0.25) is 5.91 Å². The van der Waals surface area contributed by atoms with E-state index in [0.29, 0.717) is 5.56 Å². The van der Waals surface area contributed by atoms with Crippen LogP contribution in [0.3, 0.4) is 0 Å². The second kappa shape index (κ2) is 9.13. The number of nitrogens with zero attached hydrogens (tertiary/aromatic N) is 1. The first kappa shape index (κ1) is 24.4. The van der Waals surface area contributed by atoms with E-state index in [2.05, 4.69) is 46.9 Å². The molecule has 2 rings (SSSR count). The zero-order valence-electron chi connectivity index (χ0n) is 20.3. The zero-order chi connectivity index (χ0) is 23.6. The molecular weight excluding hydrogens is 388 g/mol. The number of hydrogen-bond acceptors (Lipinski definition) is 3. The van der Waals surface area contributed by atoms with Crippen molar-refractivity contribution >= 4 is 11.8 Å². The molecule has 2 aromatic rings. The largest absolute Gasteiger partial charge is 0.496 e. The van der Waals surface area contributed by atoms with Gasteiger partial charge >= 0.3 is 0 Å². The van der Waals surface area contributed by atoms with Gasteiger partial charge in [0.1, 0.15) is 11.8 Å². The Morgan fingerprint density at radius 3 is 1.77 bits per heavy atom. The van der Waals surface area contributed by atoms with Gasteiger partial charge in [-0.1, -0.05) is 71.9 Å². The van der Waals surface area contributed by atoms with Gasteiger partial charge in [-0.2, -0.15) is 0 Å². The molecule has 5 heteroatoms. The van der Waals surface area contributed by atoms with Crippen LogP contribution in [-0.2, 0) is 15.6 Å². The minimum absolute atomic E-state index is 0.180. The van der Waals surface area contributed by atoms with Crippen molar-refractivity contribution in [2.24, 2.45) is 0 Å². The van der Waals surface area contributed by atoms with E-state index in [1.807, 2.05) is 42.5 Å². The topological polar surface area (TPSA) is 58.6 Å². The lowest BCUT2D eigenvalue weighted by Crippen LogP contribution is -2.40. The van der Waals surface area contributed by atoms with Crippen LogP contribution < -0.4 is 10.1 Å². The third-order valence-electron chi connectivity index (χ3n) is 5.27.